The third kappa shape index (κ3) is 18.8. The van der Waals surface area contributed by atoms with E-state index in [9.17, 15) is 63.0 Å². The number of carbonyl (C=O) groups excluding carboxylic acids is 11. The summed E-state index contributed by atoms with van der Waals surface area (Å²) in [5, 5.41) is 42.0. The first-order chi connectivity index (χ1) is 40.1. The fourth-order valence-electron chi connectivity index (χ4n) is 9.85. The number of phenolic OH excluding ortho intramolecular Hbond substituents is 1. The molecule has 0 saturated carbocycles. The van der Waals surface area contributed by atoms with Crippen molar-refractivity contribution >= 4 is 81.7 Å². The molecule has 4 heterocycles. The van der Waals surface area contributed by atoms with Crippen molar-refractivity contribution < 1.29 is 63.0 Å². The van der Waals surface area contributed by atoms with Gasteiger partial charge < -0.3 is 84.8 Å². The molecule has 10 amide bonds. The van der Waals surface area contributed by atoms with Crippen molar-refractivity contribution in [3.05, 3.63) is 84.1 Å². The van der Waals surface area contributed by atoms with Gasteiger partial charge >= 0.3 is 0 Å². The van der Waals surface area contributed by atoms with Crippen molar-refractivity contribution in [1.29, 1.82) is 0 Å². The predicted molar refractivity (Wildman–Crippen MR) is 302 cm³/mol. The molecule has 4 aromatic rings. The summed E-state index contributed by atoms with van der Waals surface area (Å²) >= 11 is 0. The lowest BCUT2D eigenvalue weighted by molar-refractivity contribution is -0.142. The highest BCUT2D eigenvalue weighted by Gasteiger charge is 2.39. The van der Waals surface area contributed by atoms with Crippen LogP contribution in [0.3, 0.4) is 0 Å². The summed E-state index contributed by atoms with van der Waals surface area (Å²) in [5.74, 6) is -8.87. The van der Waals surface area contributed by atoms with Crippen LogP contribution in [-0.4, -0.2) is 175 Å². The summed E-state index contributed by atoms with van der Waals surface area (Å²) in [6, 6.07) is 2.40. The molecule has 0 spiro atoms. The van der Waals surface area contributed by atoms with Crippen LogP contribution in [0.15, 0.2) is 72.2 Å². The first-order valence-electron chi connectivity index (χ1n) is 27.5. The van der Waals surface area contributed by atoms with Crippen molar-refractivity contribution in [3.63, 3.8) is 0 Å². The Hall–Kier alpha value is -9.41. The van der Waals surface area contributed by atoms with Gasteiger partial charge in [0.05, 0.1) is 31.9 Å². The highest BCUT2D eigenvalue weighted by Crippen LogP contribution is 2.23. The Bertz CT molecular complexity index is 3030. The highest BCUT2D eigenvalue weighted by molar-refractivity contribution is 6.03. The molecule has 0 aliphatic carbocycles. The number of hydrogen-bond acceptors (Lipinski definition) is 15. The van der Waals surface area contributed by atoms with E-state index in [2.05, 4.69) is 62.5 Å². The number of nitrogens with zero attached hydrogens (tertiary/aromatic N) is 3. The normalized spacial score (nSPS) is 16.9. The number of hydrogen-bond donors (Lipinski definition) is 15. The number of aromatic hydroxyl groups is 1. The lowest BCUT2D eigenvalue weighted by atomic mass is 10.0. The Morgan fingerprint density at radius 3 is 2.06 bits per heavy atom. The molecule has 8 atom stereocenters. The SMILES string of the molecule is CC(C)C[C@H](NC(=O)CNC(=O)[C@H](Cc1ccc(O)cc1)NC(=O)[C@H](CO)NC(=O)[C@H](Cc1c[nH]c2ccccc12)NC(=O)[C@H](Cc1cnc[nH]1)NC(=O)[C@@H]1CCC(=O)N1)C(=O)N[C@@H](CCCN=C(N)N)C(=O)N1CCC[C@H]1C(=O)CC(N)=O. The number of nitrogens with two attached hydrogens (primary N) is 3. The molecular weight excluding hydrogens is 1090 g/mol. The standard InChI is InChI=1S/C55H74N16O13/c1-29(2)19-38(50(80)66-37(9-5-17-60-55(57)58)54(84)71-18-6-10-43(71)44(74)23-45(56)75)65-47(77)26-62-48(78)39(20-30-11-13-33(73)14-12-30)67-53(83)42(27-72)70-51(81)40(21-31-24-61-35-8-4-3-7-34(31)35)68-52(82)41(22-32-25-59-28-63-32)69-49(79)36-15-16-46(76)64-36/h3-4,7-8,11-14,24-25,28-29,36-43,61,72-73H,5-6,9-10,15-23,26-27H2,1-2H3,(H2,56,75)(H,59,63)(H,62,78)(H,64,76)(H,65,77)(H,66,80)(H,67,83)(H,68,82)(H,69,79)(H,70,81)(H4,57,58,60)/t36-,37-,38-,39-,40-,41-,42-,43-/m0/s1. The maximum absolute atomic E-state index is 14.4. The van der Waals surface area contributed by atoms with Gasteiger partial charge in [0.25, 0.3) is 0 Å². The van der Waals surface area contributed by atoms with E-state index in [1.807, 2.05) is 0 Å². The number of aliphatic imine (C=N–C) groups is 1. The molecule has 29 nitrogen and oxygen atoms in total. The zero-order chi connectivity index (χ0) is 61.0. The molecule has 2 aliphatic heterocycles. The maximum atomic E-state index is 14.4. The fraction of sp³-hybridized carbons (Fsp3) is 0.473. The number of primary amides is 1. The third-order valence-corrected chi connectivity index (χ3v) is 14.1. The second kappa shape index (κ2) is 30.6. The number of phenols is 1. The molecule has 29 heteroatoms. The Morgan fingerprint density at radius 2 is 1.42 bits per heavy atom. The second-order valence-corrected chi connectivity index (χ2v) is 21.1. The number of rotatable bonds is 31. The van der Waals surface area contributed by atoms with Crippen LogP contribution in [0.25, 0.3) is 10.9 Å². The van der Waals surface area contributed by atoms with Gasteiger partial charge in [0, 0.05) is 67.8 Å². The number of Topliss-reactive ketones (excluding diaryl/α,β-unsaturated/α-hetero) is 1. The van der Waals surface area contributed by atoms with Crippen molar-refractivity contribution in [2.24, 2.45) is 28.1 Å². The number of imidazole rings is 1. The molecule has 2 saturated heterocycles. The Balaban J connectivity index is 1.16. The van der Waals surface area contributed by atoms with E-state index in [0.717, 1.165) is 0 Å². The summed E-state index contributed by atoms with van der Waals surface area (Å²) in [6.07, 6.45) is 4.67. The zero-order valence-corrected chi connectivity index (χ0v) is 46.6. The minimum atomic E-state index is -1.76. The Morgan fingerprint density at radius 1 is 0.762 bits per heavy atom. The largest absolute Gasteiger partial charge is 0.508 e. The van der Waals surface area contributed by atoms with Crippen LogP contribution in [0.2, 0.25) is 0 Å². The summed E-state index contributed by atoms with van der Waals surface area (Å²) in [6.45, 7) is 2.07. The topological polar surface area (TPSA) is 463 Å². The molecule has 0 radical (unpaired) electrons. The molecule has 2 aliphatic rings. The van der Waals surface area contributed by atoms with Gasteiger partial charge in [0.15, 0.2) is 11.7 Å². The number of ketones is 1. The van der Waals surface area contributed by atoms with E-state index in [4.69, 9.17) is 17.2 Å². The first-order valence-corrected chi connectivity index (χ1v) is 27.5. The van der Waals surface area contributed by atoms with E-state index in [-0.39, 0.29) is 94.4 Å². The molecule has 0 bridgehead atoms. The second-order valence-electron chi connectivity index (χ2n) is 21.1. The lowest BCUT2D eigenvalue weighted by Gasteiger charge is -2.30. The number of amides is 10. The van der Waals surface area contributed by atoms with Gasteiger partial charge in [0.1, 0.15) is 48.0 Å². The van der Waals surface area contributed by atoms with Gasteiger partial charge in [-0.05, 0) is 73.8 Å². The van der Waals surface area contributed by atoms with Gasteiger partial charge in [0.2, 0.25) is 59.1 Å². The highest BCUT2D eigenvalue weighted by atomic mass is 16.3. The molecule has 6 rings (SSSR count). The summed E-state index contributed by atoms with van der Waals surface area (Å²) in [4.78, 5) is 164. The number of aromatic amines is 2. The molecule has 452 valence electrons. The Labute approximate surface area is 482 Å². The quantitative estimate of drug-likeness (QED) is 0.0100. The number of nitrogens with one attached hydrogen (secondary N) is 10. The summed E-state index contributed by atoms with van der Waals surface area (Å²) in [5.41, 5.74) is 18.4. The van der Waals surface area contributed by atoms with Gasteiger partial charge in [-0.25, -0.2) is 4.98 Å². The number of aliphatic hydroxyl groups is 1. The third-order valence-electron chi connectivity index (χ3n) is 14.1. The van der Waals surface area contributed by atoms with E-state index in [1.54, 1.807) is 44.3 Å². The van der Waals surface area contributed by atoms with Crippen LogP contribution in [0, 0.1) is 5.92 Å². The van der Waals surface area contributed by atoms with Gasteiger partial charge in [-0.15, -0.1) is 0 Å². The first kappa shape index (κ1) is 63.8. The smallest absolute Gasteiger partial charge is 0.245 e. The number of para-hydroxylation sites is 1. The van der Waals surface area contributed by atoms with Gasteiger partial charge in [-0.1, -0.05) is 44.2 Å². The Kier molecular flexibility index (Phi) is 23.2. The van der Waals surface area contributed by atoms with E-state index in [1.165, 1.54) is 41.7 Å². The molecule has 2 aromatic heterocycles. The van der Waals surface area contributed by atoms with Crippen LogP contribution in [-0.2, 0) is 72.0 Å². The molecule has 18 N–H and O–H groups in total. The van der Waals surface area contributed by atoms with Crippen LogP contribution in [0.4, 0.5) is 0 Å². The zero-order valence-electron chi connectivity index (χ0n) is 46.6. The van der Waals surface area contributed by atoms with E-state index >= 15 is 0 Å². The minimum absolute atomic E-state index is 0.0167. The maximum Gasteiger partial charge on any atom is 0.245 e. The number of benzene rings is 2. The number of aliphatic hydroxyl groups excluding tert-OH is 1. The fourth-order valence-corrected chi connectivity index (χ4v) is 9.85. The number of likely N-dealkylation sites (tertiary alicyclic amines) is 1. The summed E-state index contributed by atoms with van der Waals surface area (Å²) < 4.78 is 0. The summed E-state index contributed by atoms with van der Waals surface area (Å²) in [7, 11) is 0. The number of fused-ring (bicyclic) bond motifs is 1. The van der Waals surface area contributed by atoms with Crippen LogP contribution < -0.4 is 59.7 Å². The number of aromatic nitrogens is 3. The van der Waals surface area contributed by atoms with Crippen molar-refractivity contribution in [2.75, 3.05) is 26.2 Å². The number of guanidine groups is 1. The van der Waals surface area contributed by atoms with Crippen molar-refractivity contribution in [3.8, 4) is 5.75 Å². The average Bonchev–Trinajstić information content (AvgIpc) is 4.46. The lowest BCUT2D eigenvalue weighted by Crippen LogP contribution is -2.60. The van der Waals surface area contributed by atoms with Crippen LogP contribution >= 0.6 is 0 Å². The van der Waals surface area contributed by atoms with E-state index < -0.39 is 127 Å². The number of carbonyl (C=O) groups is 11. The average molecular weight is 1170 g/mol. The molecule has 2 aromatic carbocycles. The minimum Gasteiger partial charge on any atom is -0.508 e. The molecule has 0 unspecified atom stereocenters. The number of H-pyrrole nitrogens is 2. The predicted octanol–water partition coefficient (Wildman–Crippen LogP) is -3.54. The van der Waals surface area contributed by atoms with Crippen LogP contribution in [0.5, 0.6) is 5.75 Å². The van der Waals surface area contributed by atoms with Crippen molar-refractivity contribution in [2.45, 2.75) is 133 Å². The molecule has 2 fully saturated rings. The van der Waals surface area contributed by atoms with Crippen LogP contribution in [0.1, 0.15) is 82.0 Å². The molecular formula is C55H74N16O13. The van der Waals surface area contributed by atoms with E-state index in [0.29, 0.717) is 34.1 Å². The van der Waals surface area contributed by atoms with Crippen molar-refractivity contribution in [1.82, 2.24) is 62.4 Å². The molecule has 84 heavy (non-hydrogen) atoms. The van der Waals surface area contributed by atoms with Gasteiger partial charge in [-0.2, -0.15) is 0 Å². The monoisotopic (exact) mass is 1170 g/mol. The van der Waals surface area contributed by atoms with Gasteiger partial charge in [-0.3, -0.25) is 57.7 Å².